The first-order chi connectivity index (χ1) is 22.6. The average molecular weight is 637 g/mol. The van der Waals surface area contributed by atoms with Gasteiger partial charge in [-0.25, -0.2) is 9.79 Å². The van der Waals surface area contributed by atoms with Gasteiger partial charge in [-0.2, -0.15) is 0 Å². The number of amides is 2. The van der Waals surface area contributed by atoms with Gasteiger partial charge in [0.05, 0.1) is 17.9 Å². The molecule has 6 rings (SSSR count). The number of hydrogen-bond donors (Lipinski definition) is 4. The lowest BCUT2D eigenvalue weighted by Crippen LogP contribution is -2.42. The number of amidine groups is 1. The smallest absolute Gasteiger partial charge is 0.320 e. The number of nitrogens with one attached hydrogen (secondary N) is 2. The first kappa shape index (κ1) is 32.1. The second kappa shape index (κ2) is 13.4. The normalized spacial score (nSPS) is 20.3. The fraction of sp³-hybridized carbons (Fsp3) is 0.389. The minimum Gasteiger partial charge on any atom is -0.484 e. The van der Waals surface area contributed by atoms with E-state index >= 15 is 0 Å². The van der Waals surface area contributed by atoms with E-state index in [0.717, 1.165) is 53.5 Å². The Morgan fingerprint density at radius 2 is 1.83 bits per heavy atom. The summed E-state index contributed by atoms with van der Waals surface area (Å²) in [5, 5.41) is 24.5. The number of urea groups is 1. The van der Waals surface area contributed by atoms with E-state index in [4.69, 9.17) is 10.5 Å². The monoisotopic (exact) mass is 636 g/mol. The van der Waals surface area contributed by atoms with Crippen LogP contribution in [0.4, 0.5) is 16.4 Å². The molecule has 0 saturated carbocycles. The molecule has 5 N–H and O–H groups in total. The molecule has 3 heterocycles. The van der Waals surface area contributed by atoms with Gasteiger partial charge in [0.1, 0.15) is 17.7 Å². The standard InChI is InChI=1S/C36H44N8O3/c1-23-9-11-25(12-10-23)38-32(19-31(37)36(2,3)4)40-34(46)39-29-14-15-30(28-8-6-5-7-27(28)29)47-26-13-16-33-41-42-35(44(33)21-26)43-18-17-24(20-43)22-45/h5-13,16,19,21,24,29-30,45H,14-15,17-18,20,22,37H2,1-4H3,(H2,38,39,40,46)/t24-,29+,30-/m1/s1. The summed E-state index contributed by atoms with van der Waals surface area (Å²) in [4.78, 5) is 20.3. The van der Waals surface area contributed by atoms with E-state index in [-0.39, 0.29) is 36.1 Å². The number of aliphatic hydroxyl groups is 1. The number of pyridine rings is 1. The summed E-state index contributed by atoms with van der Waals surface area (Å²) >= 11 is 0. The van der Waals surface area contributed by atoms with Crippen LogP contribution in [0, 0.1) is 18.3 Å². The highest BCUT2D eigenvalue weighted by Crippen LogP contribution is 2.39. The van der Waals surface area contributed by atoms with Gasteiger partial charge in [0.25, 0.3) is 0 Å². The summed E-state index contributed by atoms with van der Waals surface area (Å²) in [6, 6.07) is 19.1. The quantitative estimate of drug-likeness (QED) is 0.150. The first-order valence-corrected chi connectivity index (χ1v) is 16.2. The van der Waals surface area contributed by atoms with Crippen LogP contribution in [0.1, 0.15) is 68.9 Å². The number of aliphatic hydroxyl groups excluding tert-OH is 1. The van der Waals surface area contributed by atoms with Crippen molar-refractivity contribution in [3.63, 3.8) is 0 Å². The van der Waals surface area contributed by atoms with E-state index in [1.165, 1.54) is 0 Å². The van der Waals surface area contributed by atoms with Crippen LogP contribution in [0.5, 0.6) is 5.75 Å². The Morgan fingerprint density at radius 1 is 1.06 bits per heavy atom. The molecule has 2 amide bonds. The number of aromatic nitrogens is 3. The maximum absolute atomic E-state index is 13.4. The van der Waals surface area contributed by atoms with Crippen molar-refractivity contribution in [2.24, 2.45) is 22.1 Å². The van der Waals surface area contributed by atoms with E-state index in [1.54, 1.807) is 6.08 Å². The van der Waals surface area contributed by atoms with Crippen molar-refractivity contribution in [3.05, 3.63) is 95.3 Å². The summed E-state index contributed by atoms with van der Waals surface area (Å²) in [6.45, 7) is 9.82. The lowest BCUT2D eigenvalue weighted by atomic mass is 9.85. The number of hydrogen-bond acceptors (Lipinski definition) is 8. The van der Waals surface area contributed by atoms with E-state index in [0.29, 0.717) is 30.1 Å². The third-order valence-corrected chi connectivity index (χ3v) is 8.89. The minimum absolute atomic E-state index is 0.172. The molecule has 2 aliphatic rings. The molecule has 47 heavy (non-hydrogen) atoms. The van der Waals surface area contributed by atoms with Crippen molar-refractivity contribution in [2.75, 3.05) is 24.6 Å². The molecule has 2 aromatic heterocycles. The molecule has 1 fully saturated rings. The zero-order valence-corrected chi connectivity index (χ0v) is 27.5. The van der Waals surface area contributed by atoms with Gasteiger partial charge >= 0.3 is 6.03 Å². The molecule has 11 heteroatoms. The first-order valence-electron chi connectivity index (χ1n) is 16.2. The number of rotatable bonds is 7. The molecule has 3 atom stereocenters. The molecule has 1 aliphatic heterocycles. The van der Waals surface area contributed by atoms with Gasteiger partial charge in [0, 0.05) is 42.8 Å². The summed E-state index contributed by atoms with van der Waals surface area (Å²) < 4.78 is 8.54. The van der Waals surface area contributed by atoms with Crippen LogP contribution in [0.3, 0.4) is 0 Å². The zero-order chi connectivity index (χ0) is 33.1. The van der Waals surface area contributed by atoms with Crippen LogP contribution < -0.4 is 26.0 Å². The molecule has 1 aliphatic carbocycles. The number of allylic oxidation sites excluding steroid dienone is 1. The molecule has 246 valence electrons. The lowest BCUT2D eigenvalue weighted by Gasteiger charge is -2.32. The van der Waals surface area contributed by atoms with Crippen molar-refractivity contribution in [2.45, 2.75) is 59.1 Å². The van der Waals surface area contributed by atoms with Gasteiger partial charge in [-0.1, -0.05) is 62.7 Å². The molecule has 4 aromatic rings. The van der Waals surface area contributed by atoms with Crippen LogP contribution in [-0.2, 0) is 0 Å². The lowest BCUT2D eigenvalue weighted by molar-refractivity contribution is 0.171. The van der Waals surface area contributed by atoms with Crippen LogP contribution in [-0.4, -0.2) is 51.3 Å². The Kier molecular flexibility index (Phi) is 9.17. The topological polar surface area (TPSA) is 142 Å². The zero-order valence-electron chi connectivity index (χ0n) is 27.5. The maximum Gasteiger partial charge on any atom is 0.320 e. The molecular weight excluding hydrogens is 592 g/mol. The fourth-order valence-electron chi connectivity index (χ4n) is 6.02. The third-order valence-electron chi connectivity index (χ3n) is 8.89. The highest BCUT2D eigenvalue weighted by molar-refractivity contribution is 6.05. The number of carbonyl (C=O) groups excluding carboxylic acids is 1. The molecule has 11 nitrogen and oxygen atoms in total. The molecule has 0 bridgehead atoms. The predicted molar refractivity (Wildman–Crippen MR) is 184 cm³/mol. The fourth-order valence-corrected chi connectivity index (χ4v) is 6.02. The minimum atomic E-state index is -0.357. The van der Waals surface area contributed by atoms with Crippen LogP contribution in [0.15, 0.2) is 83.6 Å². The van der Waals surface area contributed by atoms with Crippen LogP contribution in [0.2, 0.25) is 0 Å². The number of carbonyl (C=O) groups is 1. The highest BCUT2D eigenvalue weighted by atomic mass is 16.5. The number of nitrogens with zero attached hydrogens (tertiary/aromatic N) is 5. The Morgan fingerprint density at radius 3 is 2.55 bits per heavy atom. The molecule has 0 radical (unpaired) electrons. The van der Waals surface area contributed by atoms with Crippen molar-refractivity contribution in [3.8, 4) is 5.75 Å². The summed E-state index contributed by atoms with van der Waals surface area (Å²) in [6.07, 6.45) is 5.80. The van der Waals surface area contributed by atoms with E-state index in [2.05, 4.69) is 36.8 Å². The number of fused-ring (bicyclic) bond motifs is 2. The number of aryl methyl sites for hydroxylation is 1. The SMILES string of the molecule is Cc1ccc(N=C(C=C(N)C(C)(C)C)NC(=O)N[C@H]2CC[C@@H](Oc3ccc4nnc(N5CC[C@@H](CO)C5)n4c3)c3ccccc32)cc1. The van der Waals surface area contributed by atoms with Gasteiger partial charge in [-0.15, -0.1) is 10.2 Å². The number of anilines is 1. The summed E-state index contributed by atoms with van der Waals surface area (Å²) in [7, 11) is 0. The van der Waals surface area contributed by atoms with E-state index < -0.39 is 0 Å². The van der Waals surface area contributed by atoms with Gasteiger partial charge < -0.3 is 25.8 Å². The van der Waals surface area contributed by atoms with Crippen molar-refractivity contribution in [1.29, 1.82) is 0 Å². The van der Waals surface area contributed by atoms with Crippen LogP contribution >= 0.6 is 0 Å². The summed E-state index contributed by atoms with van der Waals surface area (Å²) in [5.41, 5.74) is 11.3. The number of benzene rings is 2. The molecule has 1 saturated heterocycles. The Balaban J connectivity index is 1.18. The largest absolute Gasteiger partial charge is 0.484 e. The molecular formula is C36H44N8O3. The molecule has 0 unspecified atom stereocenters. The van der Waals surface area contributed by atoms with Gasteiger partial charge in [0.2, 0.25) is 5.95 Å². The second-order valence-electron chi connectivity index (χ2n) is 13.5. The second-order valence-corrected chi connectivity index (χ2v) is 13.5. The Bertz CT molecular complexity index is 1790. The highest BCUT2D eigenvalue weighted by Gasteiger charge is 2.30. The summed E-state index contributed by atoms with van der Waals surface area (Å²) in [5.74, 6) is 2.08. The predicted octanol–water partition coefficient (Wildman–Crippen LogP) is 5.73. The molecule has 0 spiro atoms. The van der Waals surface area contributed by atoms with Crippen molar-refractivity contribution < 1.29 is 14.6 Å². The Labute approximate surface area is 275 Å². The average Bonchev–Trinajstić information content (AvgIpc) is 3.70. The Hall–Kier alpha value is -4.90. The molecule has 2 aromatic carbocycles. The number of aliphatic imine (C=N–C) groups is 1. The number of ether oxygens (including phenoxy) is 1. The third kappa shape index (κ3) is 7.41. The van der Waals surface area contributed by atoms with E-state index in [1.807, 2.05) is 92.9 Å². The van der Waals surface area contributed by atoms with Crippen molar-refractivity contribution >= 4 is 29.1 Å². The maximum atomic E-state index is 13.4. The van der Waals surface area contributed by atoms with Crippen LogP contribution in [0.25, 0.3) is 5.65 Å². The van der Waals surface area contributed by atoms with Gasteiger partial charge in [0.15, 0.2) is 5.65 Å². The van der Waals surface area contributed by atoms with E-state index in [9.17, 15) is 9.90 Å². The van der Waals surface area contributed by atoms with Gasteiger partial charge in [-0.3, -0.25) is 9.72 Å². The van der Waals surface area contributed by atoms with Crippen molar-refractivity contribution in [1.82, 2.24) is 25.2 Å². The van der Waals surface area contributed by atoms with Gasteiger partial charge in [-0.05, 0) is 61.6 Å². The number of nitrogens with two attached hydrogens (primary N) is 1.